The maximum atomic E-state index is 12.3. The van der Waals surface area contributed by atoms with Crippen LogP contribution in [-0.2, 0) is 24.0 Å². The van der Waals surface area contributed by atoms with Crippen LogP contribution in [0.15, 0.2) is 12.7 Å². The van der Waals surface area contributed by atoms with Gasteiger partial charge in [-0.25, -0.2) is 9.52 Å². The van der Waals surface area contributed by atoms with E-state index in [1.165, 1.54) is 6.08 Å². The molecule has 0 aliphatic heterocycles. The number of nitrogens with one attached hydrogen (secondary N) is 2. The van der Waals surface area contributed by atoms with E-state index in [4.69, 9.17) is 8.92 Å². The van der Waals surface area contributed by atoms with Gasteiger partial charge in [-0.05, 0) is 40.0 Å². The van der Waals surface area contributed by atoms with Crippen LogP contribution in [0, 0.1) is 5.92 Å². The zero-order valence-electron chi connectivity index (χ0n) is 13.4. The second kappa shape index (κ2) is 5.79. The minimum absolute atomic E-state index is 0.251. The quantitative estimate of drug-likeness (QED) is 0.694. The minimum atomic E-state index is -4.19. The Morgan fingerprint density at radius 3 is 2.35 bits per heavy atom. The summed E-state index contributed by atoms with van der Waals surface area (Å²) in [5, 5.41) is 2.45. The average Bonchev–Trinajstić information content (AvgIpc) is 3.23. The molecule has 23 heavy (non-hydrogen) atoms. The van der Waals surface area contributed by atoms with Crippen molar-refractivity contribution in [3.63, 3.8) is 0 Å². The fourth-order valence-corrected chi connectivity index (χ4v) is 3.10. The molecule has 2 fully saturated rings. The molecule has 8 nitrogen and oxygen atoms in total. The van der Waals surface area contributed by atoms with Crippen molar-refractivity contribution in [1.29, 1.82) is 0 Å². The molecule has 0 aromatic carbocycles. The van der Waals surface area contributed by atoms with Gasteiger partial charge < -0.3 is 10.1 Å². The molecule has 9 heteroatoms. The number of hydrogen-bond donors (Lipinski definition) is 2. The lowest BCUT2D eigenvalue weighted by molar-refractivity contribution is -0.122. The highest BCUT2D eigenvalue weighted by atomic mass is 32.2. The molecule has 2 rings (SSSR count). The smallest absolute Gasteiger partial charge is 0.408 e. The molecule has 130 valence electrons. The molecule has 2 atom stereocenters. The number of carbonyl (C=O) groups is 2. The van der Waals surface area contributed by atoms with Gasteiger partial charge >= 0.3 is 16.4 Å². The maximum Gasteiger partial charge on any atom is 0.408 e. The second-order valence-electron chi connectivity index (χ2n) is 6.83. The molecule has 2 N–H and O–H groups in total. The Labute approximate surface area is 135 Å². The van der Waals surface area contributed by atoms with Crippen LogP contribution in [-0.4, -0.2) is 37.7 Å². The first-order valence-corrected chi connectivity index (χ1v) is 8.77. The molecular formula is C14H22N2O6S. The lowest BCUT2D eigenvalue weighted by atomic mass is 10.2. The van der Waals surface area contributed by atoms with Crippen LogP contribution in [0.2, 0.25) is 0 Å². The van der Waals surface area contributed by atoms with Crippen LogP contribution in [0.25, 0.3) is 0 Å². The Balaban J connectivity index is 2.03. The van der Waals surface area contributed by atoms with Crippen molar-refractivity contribution in [2.45, 2.75) is 57.3 Å². The third-order valence-corrected chi connectivity index (χ3v) is 4.39. The van der Waals surface area contributed by atoms with Gasteiger partial charge in [-0.2, -0.15) is 8.42 Å². The Bertz CT molecular complexity index is 620. The van der Waals surface area contributed by atoms with E-state index in [-0.39, 0.29) is 18.4 Å². The van der Waals surface area contributed by atoms with Gasteiger partial charge in [0.1, 0.15) is 11.1 Å². The first-order valence-electron chi connectivity index (χ1n) is 7.36. The van der Waals surface area contributed by atoms with Gasteiger partial charge in [-0.15, -0.1) is 6.58 Å². The van der Waals surface area contributed by atoms with Gasteiger partial charge in [0.2, 0.25) is 0 Å². The molecule has 0 bridgehead atoms. The minimum Gasteiger partial charge on any atom is -0.444 e. The predicted octanol–water partition coefficient (Wildman–Crippen LogP) is 0.996. The largest absolute Gasteiger partial charge is 0.444 e. The Morgan fingerprint density at radius 2 is 1.91 bits per heavy atom. The van der Waals surface area contributed by atoms with Crippen molar-refractivity contribution in [1.82, 2.24) is 10.0 Å². The molecule has 0 saturated heterocycles. The van der Waals surface area contributed by atoms with E-state index in [0.29, 0.717) is 12.8 Å². The number of hydrogen-bond acceptors (Lipinski definition) is 6. The molecule has 0 radical (unpaired) electrons. The number of carbonyl (C=O) groups excluding carboxylic acids is 2. The lowest BCUT2D eigenvalue weighted by Gasteiger charge is -2.23. The van der Waals surface area contributed by atoms with Crippen molar-refractivity contribution in [2.24, 2.45) is 5.92 Å². The zero-order chi connectivity index (χ0) is 17.5. The van der Waals surface area contributed by atoms with Crippen molar-refractivity contribution in [2.75, 3.05) is 0 Å². The van der Waals surface area contributed by atoms with E-state index in [1.54, 1.807) is 20.8 Å². The number of rotatable bonds is 6. The molecule has 2 aliphatic carbocycles. The van der Waals surface area contributed by atoms with Crippen LogP contribution in [0.4, 0.5) is 4.79 Å². The van der Waals surface area contributed by atoms with Crippen LogP contribution < -0.4 is 10.0 Å². The summed E-state index contributed by atoms with van der Waals surface area (Å²) in [7, 11) is -4.19. The average molecular weight is 346 g/mol. The summed E-state index contributed by atoms with van der Waals surface area (Å²) in [6, 6.07) is 0. The molecule has 0 unspecified atom stereocenters. The lowest BCUT2D eigenvalue weighted by Crippen LogP contribution is -2.53. The molecule has 0 aromatic heterocycles. The van der Waals surface area contributed by atoms with Gasteiger partial charge in [0.05, 0.1) is 6.10 Å². The third kappa shape index (κ3) is 4.68. The summed E-state index contributed by atoms with van der Waals surface area (Å²) in [6.45, 7) is 8.64. The summed E-state index contributed by atoms with van der Waals surface area (Å²) < 4.78 is 35.2. The Morgan fingerprint density at radius 1 is 1.30 bits per heavy atom. The highest BCUT2D eigenvalue weighted by Crippen LogP contribution is 2.45. The summed E-state index contributed by atoms with van der Waals surface area (Å²) >= 11 is 0. The fourth-order valence-electron chi connectivity index (χ4n) is 2.09. The van der Waals surface area contributed by atoms with Crippen molar-refractivity contribution >= 4 is 22.3 Å². The summed E-state index contributed by atoms with van der Waals surface area (Å²) in [5.41, 5.74) is -2.11. The van der Waals surface area contributed by atoms with Crippen LogP contribution in [0.3, 0.4) is 0 Å². The van der Waals surface area contributed by atoms with Gasteiger partial charge in [-0.1, -0.05) is 6.08 Å². The monoisotopic (exact) mass is 346 g/mol. The Hall–Kier alpha value is -1.61. The molecule has 2 saturated carbocycles. The molecule has 0 spiro atoms. The van der Waals surface area contributed by atoms with E-state index in [9.17, 15) is 18.0 Å². The van der Waals surface area contributed by atoms with Crippen LogP contribution in [0.5, 0.6) is 0 Å². The van der Waals surface area contributed by atoms with Crippen molar-refractivity contribution in [3.8, 4) is 0 Å². The first kappa shape index (κ1) is 17.7. The van der Waals surface area contributed by atoms with Crippen LogP contribution in [0.1, 0.15) is 40.0 Å². The Kier molecular flexibility index (Phi) is 4.46. The number of ether oxygens (including phenoxy) is 1. The summed E-state index contributed by atoms with van der Waals surface area (Å²) in [5.74, 6) is -1.22. The van der Waals surface area contributed by atoms with Gasteiger partial charge in [0.15, 0.2) is 0 Å². The molecule has 0 heterocycles. The van der Waals surface area contributed by atoms with Crippen LogP contribution >= 0.6 is 0 Å². The summed E-state index contributed by atoms with van der Waals surface area (Å²) in [6.07, 6.45) is 1.87. The molecule has 2 amide bonds. The molecular weight excluding hydrogens is 324 g/mol. The van der Waals surface area contributed by atoms with E-state index < -0.39 is 33.4 Å². The highest BCUT2D eigenvalue weighted by molar-refractivity contribution is 7.85. The topological polar surface area (TPSA) is 111 Å². The number of alkyl carbamates (subject to hydrolysis) is 1. The van der Waals surface area contributed by atoms with Gasteiger partial charge in [0, 0.05) is 5.92 Å². The van der Waals surface area contributed by atoms with E-state index in [1.807, 2.05) is 4.72 Å². The maximum absolute atomic E-state index is 12.3. The van der Waals surface area contributed by atoms with Crippen molar-refractivity contribution in [3.05, 3.63) is 12.7 Å². The predicted molar refractivity (Wildman–Crippen MR) is 81.6 cm³/mol. The third-order valence-electron chi connectivity index (χ3n) is 3.43. The normalized spacial score (nSPS) is 27.0. The van der Waals surface area contributed by atoms with E-state index in [2.05, 4.69) is 11.9 Å². The highest BCUT2D eigenvalue weighted by Gasteiger charge is 2.61. The fraction of sp³-hybridized carbons (Fsp3) is 0.714. The van der Waals surface area contributed by atoms with Gasteiger partial charge in [-0.3, -0.25) is 8.98 Å². The van der Waals surface area contributed by atoms with E-state index >= 15 is 0 Å². The van der Waals surface area contributed by atoms with Gasteiger partial charge in [0.25, 0.3) is 5.91 Å². The molecule has 2 aliphatic rings. The summed E-state index contributed by atoms with van der Waals surface area (Å²) in [4.78, 5) is 24.2. The SMILES string of the molecule is C=C[C@@H]1C[C@]1(NC(=O)OC(C)(C)C)C(=O)NS(=O)(=O)OC1CC1. The molecule has 0 aromatic rings. The standard InChI is InChI=1S/C14H22N2O6S/c1-5-9-8-14(9,15-12(18)21-13(2,3)4)11(17)16-23(19,20)22-10-6-7-10/h5,9-10H,1,6-8H2,2-4H3,(H,15,18)(H,16,17)/t9-,14-/m1/s1. The first-order chi connectivity index (χ1) is 10.5. The van der Waals surface area contributed by atoms with Crippen molar-refractivity contribution < 1.29 is 26.9 Å². The zero-order valence-corrected chi connectivity index (χ0v) is 14.2. The number of amides is 2. The van der Waals surface area contributed by atoms with E-state index in [0.717, 1.165) is 0 Å². The second-order valence-corrected chi connectivity index (χ2v) is 8.13.